The van der Waals surface area contributed by atoms with E-state index >= 15 is 0 Å². The number of amides is 1. The first kappa shape index (κ1) is 18.9. The minimum atomic E-state index is -0.0645. The molecular weight excluding hydrogens is 410 g/mol. The molecule has 1 saturated heterocycles. The molecule has 3 rings (SSSR count). The number of benzene rings is 2. The van der Waals surface area contributed by atoms with Gasteiger partial charge in [-0.05, 0) is 29.7 Å². The van der Waals surface area contributed by atoms with Crippen LogP contribution in [0.25, 0.3) is 0 Å². The molecule has 26 heavy (non-hydrogen) atoms. The van der Waals surface area contributed by atoms with Crippen LogP contribution in [0.2, 0.25) is 0 Å². The molecule has 6 heteroatoms. The first-order chi connectivity index (χ1) is 12.7. The van der Waals surface area contributed by atoms with Crippen LogP contribution in [-0.2, 0) is 11.3 Å². The van der Waals surface area contributed by atoms with Crippen molar-refractivity contribution in [3.63, 3.8) is 0 Å². The molecule has 4 nitrogen and oxygen atoms in total. The van der Waals surface area contributed by atoms with Gasteiger partial charge >= 0.3 is 0 Å². The first-order valence-electron chi connectivity index (χ1n) is 8.56. The van der Waals surface area contributed by atoms with E-state index < -0.39 is 0 Å². The molecule has 1 atom stereocenters. The molecule has 0 unspecified atom stereocenters. The molecule has 2 aromatic rings. The molecule has 0 spiro atoms. The van der Waals surface area contributed by atoms with E-state index in [1.54, 1.807) is 11.1 Å². The van der Waals surface area contributed by atoms with Gasteiger partial charge in [0.1, 0.15) is 0 Å². The number of thioether (sulfide) groups is 1. The lowest BCUT2D eigenvalue weighted by Gasteiger charge is -2.15. The van der Waals surface area contributed by atoms with Gasteiger partial charge in [-0.1, -0.05) is 83.5 Å². The molecule has 0 aromatic heterocycles. The van der Waals surface area contributed by atoms with E-state index in [-0.39, 0.29) is 11.2 Å². The molecule has 1 aliphatic rings. The summed E-state index contributed by atoms with van der Waals surface area (Å²) in [6.45, 7) is 2.62. The smallest absolute Gasteiger partial charge is 0.242 e. The van der Waals surface area contributed by atoms with Crippen LogP contribution in [-0.4, -0.2) is 27.4 Å². The molecule has 1 aliphatic heterocycles. The summed E-state index contributed by atoms with van der Waals surface area (Å²) in [6, 6.07) is 17.8. The van der Waals surface area contributed by atoms with Crippen molar-refractivity contribution in [2.24, 2.45) is 10.2 Å². The molecule has 2 aromatic carbocycles. The van der Waals surface area contributed by atoms with E-state index in [1.165, 1.54) is 11.8 Å². The Morgan fingerprint density at radius 2 is 1.88 bits per heavy atom. The molecule has 0 aliphatic carbocycles. The third-order valence-corrected chi connectivity index (χ3v) is 5.74. The zero-order valence-electron chi connectivity index (χ0n) is 14.5. The van der Waals surface area contributed by atoms with E-state index in [0.717, 1.165) is 28.4 Å². The number of carbonyl (C=O) groups is 1. The fraction of sp³-hybridized carbons (Fsp3) is 0.250. The number of halogens is 1. The summed E-state index contributed by atoms with van der Waals surface area (Å²) < 4.78 is 1.02. The molecule has 134 valence electrons. The van der Waals surface area contributed by atoms with Crippen LogP contribution in [0.1, 0.15) is 30.9 Å². The van der Waals surface area contributed by atoms with Gasteiger partial charge < -0.3 is 0 Å². The van der Waals surface area contributed by atoms with Crippen molar-refractivity contribution in [1.29, 1.82) is 0 Å². The lowest BCUT2D eigenvalue weighted by molar-refractivity contribution is -0.126. The highest BCUT2D eigenvalue weighted by atomic mass is 79.9. The van der Waals surface area contributed by atoms with Gasteiger partial charge in [0, 0.05) is 4.47 Å². The van der Waals surface area contributed by atoms with Gasteiger partial charge in [0.15, 0.2) is 5.17 Å². The molecule has 1 amide bonds. The molecule has 1 heterocycles. The average molecular weight is 430 g/mol. The summed E-state index contributed by atoms with van der Waals surface area (Å²) in [5.74, 6) is 0.123. The normalized spacial score (nSPS) is 19.0. The van der Waals surface area contributed by atoms with Crippen molar-refractivity contribution < 1.29 is 4.79 Å². The number of hydrogen-bond acceptors (Lipinski definition) is 4. The van der Waals surface area contributed by atoms with Gasteiger partial charge in [0.05, 0.1) is 18.0 Å². The van der Waals surface area contributed by atoms with Gasteiger partial charge in [-0.3, -0.25) is 9.69 Å². The zero-order chi connectivity index (χ0) is 18.4. The minimum Gasteiger partial charge on any atom is -0.284 e. The Morgan fingerprint density at radius 1 is 1.15 bits per heavy atom. The Hall–Kier alpha value is -1.92. The standard InChI is InChI=1S/C20H20BrN3OS/c1-2-6-18-19(25)24(14-16-7-4-3-5-8-16)20(26-18)23-22-13-15-9-11-17(21)12-10-15/h3-5,7-13,18H,2,6,14H2,1H3/b22-13-,23-20+/t18-/m1/s1. The molecular formula is C20H20BrN3OS. The second-order valence-electron chi connectivity index (χ2n) is 5.98. The summed E-state index contributed by atoms with van der Waals surface area (Å²) in [7, 11) is 0. The molecule has 0 N–H and O–H groups in total. The predicted octanol–water partition coefficient (Wildman–Crippen LogP) is 5.08. The first-order valence-corrected chi connectivity index (χ1v) is 10.2. The summed E-state index contributed by atoms with van der Waals surface area (Å²) in [6.07, 6.45) is 3.53. The van der Waals surface area contributed by atoms with Gasteiger partial charge in [-0.15, -0.1) is 5.10 Å². The number of rotatable bonds is 6. The molecule has 0 radical (unpaired) electrons. The summed E-state index contributed by atoms with van der Waals surface area (Å²) >= 11 is 4.93. The topological polar surface area (TPSA) is 45.0 Å². The molecule has 1 fully saturated rings. The number of carbonyl (C=O) groups excluding carboxylic acids is 1. The Bertz CT molecular complexity index is 806. The molecule has 0 bridgehead atoms. The van der Waals surface area contributed by atoms with Crippen molar-refractivity contribution >= 4 is 45.0 Å². The van der Waals surface area contributed by atoms with Crippen molar-refractivity contribution in [1.82, 2.24) is 4.90 Å². The van der Waals surface area contributed by atoms with Gasteiger partial charge in [0.25, 0.3) is 0 Å². The monoisotopic (exact) mass is 429 g/mol. The number of hydrogen-bond donors (Lipinski definition) is 0. The van der Waals surface area contributed by atoms with Crippen LogP contribution < -0.4 is 0 Å². The predicted molar refractivity (Wildman–Crippen MR) is 112 cm³/mol. The fourth-order valence-electron chi connectivity index (χ4n) is 2.64. The SMILES string of the molecule is CCC[C@H]1S/C(=N/N=C\c2ccc(Br)cc2)N(Cc2ccccc2)C1=O. The van der Waals surface area contributed by atoms with Crippen molar-refractivity contribution in [3.05, 3.63) is 70.2 Å². The third-order valence-electron chi connectivity index (χ3n) is 3.97. The highest BCUT2D eigenvalue weighted by Crippen LogP contribution is 2.31. The van der Waals surface area contributed by atoms with E-state index in [4.69, 9.17) is 0 Å². The van der Waals surface area contributed by atoms with Crippen LogP contribution >= 0.6 is 27.7 Å². The van der Waals surface area contributed by atoms with Gasteiger partial charge in [0.2, 0.25) is 5.91 Å². The van der Waals surface area contributed by atoms with Crippen LogP contribution in [0.15, 0.2) is 69.3 Å². The van der Waals surface area contributed by atoms with Gasteiger partial charge in [-0.2, -0.15) is 5.10 Å². The van der Waals surface area contributed by atoms with Crippen molar-refractivity contribution in [3.8, 4) is 0 Å². The van der Waals surface area contributed by atoms with E-state index in [0.29, 0.717) is 11.7 Å². The fourth-order valence-corrected chi connectivity index (χ4v) is 4.11. The van der Waals surface area contributed by atoms with Crippen LogP contribution in [0, 0.1) is 0 Å². The van der Waals surface area contributed by atoms with Crippen LogP contribution in [0.4, 0.5) is 0 Å². The lowest BCUT2D eigenvalue weighted by Crippen LogP contribution is -2.31. The van der Waals surface area contributed by atoms with Gasteiger partial charge in [-0.25, -0.2) is 0 Å². The zero-order valence-corrected chi connectivity index (χ0v) is 16.9. The Morgan fingerprint density at radius 3 is 2.58 bits per heavy atom. The highest BCUT2D eigenvalue weighted by molar-refractivity contribution is 9.10. The maximum atomic E-state index is 12.7. The lowest BCUT2D eigenvalue weighted by atomic mass is 10.2. The summed E-state index contributed by atoms with van der Waals surface area (Å²) in [4.78, 5) is 14.5. The van der Waals surface area contributed by atoms with E-state index in [1.807, 2.05) is 54.6 Å². The maximum absolute atomic E-state index is 12.7. The maximum Gasteiger partial charge on any atom is 0.242 e. The Kier molecular flexibility index (Phi) is 6.63. The number of amidine groups is 1. The van der Waals surface area contributed by atoms with E-state index in [9.17, 15) is 4.79 Å². The van der Waals surface area contributed by atoms with Crippen LogP contribution in [0.5, 0.6) is 0 Å². The van der Waals surface area contributed by atoms with E-state index in [2.05, 4.69) is 33.1 Å². The second kappa shape index (κ2) is 9.14. The van der Waals surface area contributed by atoms with Crippen LogP contribution in [0.3, 0.4) is 0 Å². The molecule has 0 saturated carbocycles. The summed E-state index contributed by atoms with van der Waals surface area (Å²) in [5.41, 5.74) is 2.05. The largest absolute Gasteiger partial charge is 0.284 e. The summed E-state index contributed by atoms with van der Waals surface area (Å²) in [5, 5.41) is 9.16. The Labute approximate surface area is 166 Å². The Balaban J connectivity index is 1.79. The van der Waals surface area contributed by atoms with Crippen molar-refractivity contribution in [2.45, 2.75) is 31.6 Å². The quantitative estimate of drug-likeness (QED) is 0.474. The number of nitrogens with zero attached hydrogens (tertiary/aromatic N) is 3. The minimum absolute atomic E-state index is 0.0645. The third kappa shape index (κ3) is 4.83. The van der Waals surface area contributed by atoms with Crippen molar-refractivity contribution in [2.75, 3.05) is 0 Å². The average Bonchev–Trinajstić information content (AvgIpc) is 2.94. The highest BCUT2D eigenvalue weighted by Gasteiger charge is 2.37. The second-order valence-corrected chi connectivity index (χ2v) is 8.07.